The first-order chi connectivity index (χ1) is 26.4. The Bertz CT molecular complexity index is 2840. The van der Waals surface area contributed by atoms with Crippen molar-refractivity contribution in [1.29, 1.82) is 5.26 Å². The van der Waals surface area contributed by atoms with E-state index >= 15 is 0 Å². The second-order valence-corrected chi connectivity index (χ2v) is 16.4. The summed E-state index contributed by atoms with van der Waals surface area (Å²) < 4.78 is 0. The molecule has 3 aliphatic carbocycles. The SMILES string of the molecule is C[C@@]12CC3(c4ccc(-c5ccc6cc(-c7nc(-c8ccccc8)nc(-c8ccc9ccc%10ccc(C#N)cc%10c9c8)n7)ccc6c5)cc4)C[C@H]1CC[C@H]2C3. The van der Waals surface area contributed by atoms with E-state index in [9.17, 15) is 5.26 Å². The Morgan fingerprint density at radius 3 is 1.69 bits per heavy atom. The van der Waals surface area contributed by atoms with Gasteiger partial charge in [-0.3, -0.25) is 0 Å². The highest BCUT2D eigenvalue weighted by atomic mass is 15.0. The van der Waals surface area contributed by atoms with Crippen LogP contribution in [0.15, 0.2) is 140 Å². The Kier molecular flexibility index (Phi) is 6.77. The summed E-state index contributed by atoms with van der Waals surface area (Å²) in [4.78, 5) is 15.1. The standard InChI is InChI=1S/C50H38N4/c1-49-30-50(27-42(49)21-22-43(49)28-50)41-19-17-32(18-20-41)36-12-13-38-25-39(16-14-37(38)24-36)47-52-46(35-5-3-2-4-6-35)53-48(54-47)40-15-11-34-10-9-33-8-7-31(29-51)23-44(33)45(34)26-40/h2-20,23-26,42-43H,21-22,27-28,30H2,1H3/t42-,43+,49-,50?. The normalized spacial score (nSPS) is 22.7. The van der Waals surface area contributed by atoms with Crippen molar-refractivity contribution in [3.05, 3.63) is 151 Å². The monoisotopic (exact) mass is 694 g/mol. The van der Waals surface area contributed by atoms with Crippen molar-refractivity contribution < 1.29 is 0 Å². The minimum atomic E-state index is 0.402. The number of hydrogen-bond donors (Lipinski definition) is 0. The van der Waals surface area contributed by atoms with Gasteiger partial charge in [0.15, 0.2) is 17.5 Å². The molecular formula is C50H38N4. The van der Waals surface area contributed by atoms with Crippen LogP contribution in [0.3, 0.4) is 0 Å². The molecule has 3 fully saturated rings. The third-order valence-electron chi connectivity index (χ3n) is 13.5. The summed E-state index contributed by atoms with van der Waals surface area (Å²) in [7, 11) is 0. The highest BCUT2D eigenvalue weighted by Gasteiger charge is 2.65. The third-order valence-corrected chi connectivity index (χ3v) is 13.5. The minimum absolute atomic E-state index is 0.402. The van der Waals surface area contributed by atoms with Crippen molar-refractivity contribution in [3.8, 4) is 51.4 Å². The first-order valence-electron chi connectivity index (χ1n) is 19.3. The number of hydrogen-bond acceptors (Lipinski definition) is 4. The lowest BCUT2D eigenvalue weighted by atomic mass is 9.72. The number of nitriles is 1. The molecule has 1 unspecified atom stereocenters. The Morgan fingerprint density at radius 2 is 1.04 bits per heavy atom. The van der Waals surface area contributed by atoms with Crippen molar-refractivity contribution in [2.24, 2.45) is 17.3 Å². The number of rotatable bonds is 5. The van der Waals surface area contributed by atoms with E-state index < -0.39 is 0 Å². The van der Waals surface area contributed by atoms with Crippen LogP contribution in [0.2, 0.25) is 0 Å². The van der Waals surface area contributed by atoms with Crippen LogP contribution in [-0.4, -0.2) is 15.0 Å². The van der Waals surface area contributed by atoms with Gasteiger partial charge in [-0.25, -0.2) is 15.0 Å². The second kappa shape index (κ2) is 11.7. The van der Waals surface area contributed by atoms with E-state index in [0.717, 1.165) is 55.5 Å². The summed E-state index contributed by atoms with van der Waals surface area (Å²) in [5.74, 6) is 3.73. The average Bonchev–Trinajstić information content (AvgIpc) is 3.74. The minimum Gasteiger partial charge on any atom is -0.208 e. The van der Waals surface area contributed by atoms with Gasteiger partial charge in [0.05, 0.1) is 11.6 Å². The first kappa shape index (κ1) is 31.4. The van der Waals surface area contributed by atoms with E-state index in [-0.39, 0.29) is 0 Å². The zero-order valence-electron chi connectivity index (χ0n) is 30.3. The van der Waals surface area contributed by atoms with Crippen LogP contribution in [0.5, 0.6) is 0 Å². The maximum atomic E-state index is 9.62. The molecule has 54 heavy (non-hydrogen) atoms. The molecule has 0 saturated heterocycles. The number of benzene rings is 7. The number of aromatic nitrogens is 3. The summed E-state index contributed by atoms with van der Waals surface area (Å²) in [6.07, 6.45) is 7.03. The van der Waals surface area contributed by atoms with Gasteiger partial charge >= 0.3 is 0 Å². The first-order valence-corrected chi connectivity index (χ1v) is 19.3. The van der Waals surface area contributed by atoms with Crippen LogP contribution in [0.1, 0.15) is 50.2 Å². The predicted octanol–water partition coefficient (Wildman–Crippen LogP) is 12.3. The Morgan fingerprint density at radius 1 is 0.519 bits per heavy atom. The largest absolute Gasteiger partial charge is 0.208 e. The topological polar surface area (TPSA) is 62.5 Å². The molecular weight excluding hydrogens is 657 g/mol. The fourth-order valence-corrected chi connectivity index (χ4v) is 10.8. The van der Waals surface area contributed by atoms with Crippen molar-refractivity contribution >= 4 is 32.3 Å². The van der Waals surface area contributed by atoms with Crippen LogP contribution in [0, 0.1) is 28.6 Å². The van der Waals surface area contributed by atoms with Crippen molar-refractivity contribution in [3.63, 3.8) is 0 Å². The molecule has 0 spiro atoms. The summed E-state index contributed by atoms with van der Waals surface area (Å²) in [5.41, 5.74) is 8.47. The van der Waals surface area contributed by atoms with Crippen molar-refractivity contribution in [2.45, 2.75) is 44.4 Å². The van der Waals surface area contributed by atoms with Gasteiger partial charge in [0.1, 0.15) is 0 Å². The molecule has 2 bridgehead atoms. The zero-order chi connectivity index (χ0) is 36.0. The Hall–Kier alpha value is -6.18. The molecule has 1 aromatic heterocycles. The van der Waals surface area contributed by atoms with Gasteiger partial charge in [0.25, 0.3) is 0 Å². The van der Waals surface area contributed by atoms with Gasteiger partial charge in [0.2, 0.25) is 0 Å². The third kappa shape index (κ3) is 4.85. The molecule has 7 aromatic carbocycles. The van der Waals surface area contributed by atoms with Gasteiger partial charge in [-0.05, 0) is 134 Å². The van der Waals surface area contributed by atoms with Gasteiger partial charge < -0.3 is 0 Å². The smallest absolute Gasteiger partial charge is 0.164 e. The molecule has 4 atom stereocenters. The van der Waals surface area contributed by atoms with Gasteiger partial charge in [0, 0.05) is 16.7 Å². The van der Waals surface area contributed by atoms with E-state index in [1.54, 1.807) is 5.56 Å². The molecule has 3 saturated carbocycles. The highest BCUT2D eigenvalue weighted by molar-refractivity contribution is 6.09. The molecule has 0 radical (unpaired) electrons. The van der Waals surface area contributed by atoms with E-state index in [1.165, 1.54) is 48.6 Å². The summed E-state index contributed by atoms with van der Waals surface area (Å²) in [6.45, 7) is 2.58. The van der Waals surface area contributed by atoms with E-state index in [4.69, 9.17) is 15.0 Å². The molecule has 0 aliphatic heterocycles. The predicted molar refractivity (Wildman–Crippen MR) is 219 cm³/mol. The molecule has 0 N–H and O–H groups in total. The van der Waals surface area contributed by atoms with Gasteiger partial charge in [-0.1, -0.05) is 116 Å². The fraction of sp³-hybridized carbons (Fsp3) is 0.200. The summed E-state index contributed by atoms with van der Waals surface area (Å²) in [6, 6.07) is 51.7. The van der Waals surface area contributed by atoms with E-state index in [1.807, 2.05) is 48.5 Å². The molecule has 11 rings (SSSR count). The molecule has 0 amide bonds. The number of nitrogens with zero attached hydrogens (tertiary/aromatic N) is 4. The highest BCUT2D eigenvalue weighted by Crippen LogP contribution is 2.72. The maximum absolute atomic E-state index is 9.62. The van der Waals surface area contributed by atoms with Crippen molar-refractivity contribution in [1.82, 2.24) is 15.0 Å². The van der Waals surface area contributed by atoms with Crippen LogP contribution in [0.4, 0.5) is 0 Å². The summed E-state index contributed by atoms with van der Waals surface area (Å²) in [5, 5.41) is 16.2. The Labute approximate surface area is 315 Å². The van der Waals surface area contributed by atoms with Crippen LogP contribution < -0.4 is 0 Å². The Balaban J connectivity index is 0.954. The fourth-order valence-electron chi connectivity index (χ4n) is 10.8. The molecule has 4 nitrogen and oxygen atoms in total. The average molecular weight is 695 g/mol. The van der Waals surface area contributed by atoms with E-state index in [2.05, 4.69) is 104 Å². The molecule has 3 aliphatic rings. The van der Waals surface area contributed by atoms with Crippen LogP contribution in [0.25, 0.3) is 77.6 Å². The molecule has 1 heterocycles. The molecule has 4 heteroatoms. The quantitative estimate of drug-likeness (QED) is 0.168. The van der Waals surface area contributed by atoms with Crippen LogP contribution in [-0.2, 0) is 5.41 Å². The second-order valence-electron chi connectivity index (χ2n) is 16.4. The lowest BCUT2D eigenvalue weighted by Gasteiger charge is -2.33. The zero-order valence-corrected chi connectivity index (χ0v) is 30.3. The van der Waals surface area contributed by atoms with E-state index in [0.29, 0.717) is 33.9 Å². The van der Waals surface area contributed by atoms with Gasteiger partial charge in [-0.2, -0.15) is 5.26 Å². The van der Waals surface area contributed by atoms with Gasteiger partial charge in [-0.15, -0.1) is 0 Å². The maximum Gasteiger partial charge on any atom is 0.164 e. The number of fused-ring (bicyclic) bond motifs is 5. The van der Waals surface area contributed by atoms with Crippen molar-refractivity contribution in [2.75, 3.05) is 0 Å². The summed E-state index contributed by atoms with van der Waals surface area (Å²) >= 11 is 0. The molecule has 258 valence electrons. The lowest BCUT2D eigenvalue weighted by Crippen LogP contribution is -2.26. The molecule has 8 aromatic rings. The lowest BCUT2D eigenvalue weighted by molar-refractivity contribution is 0.195. The van der Waals surface area contributed by atoms with Crippen LogP contribution >= 0.6 is 0 Å².